The van der Waals surface area contributed by atoms with Gasteiger partial charge in [-0.1, -0.05) is 6.07 Å². The molecule has 146 valence electrons. The lowest BCUT2D eigenvalue weighted by atomic mass is 10.1. The fourth-order valence-electron chi connectivity index (χ4n) is 2.42. The maximum atomic E-state index is 12.7. The zero-order valence-electron chi connectivity index (χ0n) is 14.8. The average Bonchev–Trinajstić information content (AvgIpc) is 2.62. The monoisotopic (exact) mass is 384 g/mol. The molecule has 1 heterocycles. The molecule has 0 fully saturated rings. The van der Waals surface area contributed by atoms with Crippen molar-refractivity contribution in [1.29, 1.82) is 0 Å². The summed E-state index contributed by atoms with van der Waals surface area (Å²) in [5, 5.41) is 2.58. The van der Waals surface area contributed by atoms with Crippen LogP contribution in [-0.4, -0.2) is 31.2 Å². The minimum atomic E-state index is -4.58. The molecule has 0 spiro atoms. The van der Waals surface area contributed by atoms with Crippen LogP contribution in [0, 0.1) is 0 Å². The number of methoxy groups -OCH3 is 2. The van der Waals surface area contributed by atoms with Crippen LogP contribution in [0.3, 0.4) is 0 Å². The largest absolute Gasteiger partial charge is 0.493 e. The number of pyridine rings is 1. The number of nitrogens with zero attached hydrogens (tertiary/aromatic N) is 1. The molecule has 0 aliphatic heterocycles. The van der Waals surface area contributed by atoms with Crippen molar-refractivity contribution in [3.8, 4) is 11.5 Å². The molecule has 0 atom stereocenters. The van der Waals surface area contributed by atoms with E-state index in [1.54, 1.807) is 12.1 Å². The van der Waals surface area contributed by atoms with Crippen LogP contribution in [0.4, 0.5) is 13.2 Å². The maximum Gasteiger partial charge on any atom is 0.417 e. The van der Waals surface area contributed by atoms with Crippen LogP contribution >= 0.6 is 0 Å². The second-order valence-corrected chi connectivity index (χ2v) is 5.67. The van der Waals surface area contributed by atoms with E-state index in [2.05, 4.69) is 5.32 Å². The predicted octanol–water partition coefficient (Wildman–Crippen LogP) is 2.24. The highest BCUT2D eigenvalue weighted by Crippen LogP contribution is 2.28. The number of hydrogen-bond donors (Lipinski definition) is 1. The third-order valence-corrected chi connectivity index (χ3v) is 3.81. The van der Waals surface area contributed by atoms with E-state index in [0.29, 0.717) is 30.2 Å². The second-order valence-electron chi connectivity index (χ2n) is 5.67. The third kappa shape index (κ3) is 5.50. The zero-order valence-corrected chi connectivity index (χ0v) is 14.8. The SMILES string of the molecule is COc1ccc(CCNC(=O)Cn2cc(C(F)(F)F)ccc2=O)cc1OC. The van der Waals surface area contributed by atoms with Crippen molar-refractivity contribution in [2.45, 2.75) is 19.1 Å². The van der Waals surface area contributed by atoms with E-state index < -0.39 is 29.8 Å². The number of carbonyl (C=O) groups is 1. The fraction of sp³-hybridized carbons (Fsp3) is 0.333. The van der Waals surface area contributed by atoms with E-state index in [4.69, 9.17) is 9.47 Å². The van der Waals surface area contributed by atoms with Gasteiger partial charge in [-0.2, -0.15) is 13.2 Å². The molecular formula is C18H19F3N2O4. The molecule has 0 radical (unpaired) electrons. The second kappa shape index (κ2) is 8.61. The summed E-state index contributed by atoms with van der Waals surface area (Å²) in [5.41, 5.74) is -0.789. The van der Waals surface area contributed by atoms with Crippen molar-refractivity contribution in [3.05, 3.63) is 58.0 Å². The van der Waals surface area contributed by atoms with Crippen molar-refractivity contribution in [1.82, 2.24) is 9.88 Å². The van der Waals surface area contributed by atoms with Gasteiger partial charge >= 0.3 is 6.18 Å². The highest BCUT2D eigenvalue weighted by molar-refractivity contribution is 5.75. The number of carbonyl (C=O) groups excluding carboxylic acids is 1. The van der Waals surface area contributed by atoms with Crippen LogP contribution in [0.1, 0.15) is 11.1 Å². The summed E-state index contributed by atoms with van der Waals surface area (Å²) in [5.74, 6) is 0.572. The van der Waals surface area contributed by atoms with Gasteiger partial charge < -0.3 is 19.4 Å². The Labute approximate surface area is 153 Å². The molecule has 0 bridgehead atoms. The number of aromatic nitrogens is 1. The highest BCUT2D eigenvalue weighted by Gasteiger charge is 2.31. The van der Waals surface area contributed by atoms with Crippen LogP contribution < -0.4 is 20.3 Å². The van der Waals surface area contributed by atoms with E-state index in [1.807, 2.05) is 6.07 Å². The summed E-state index contributed by atoms with van der Waals surface area (Å²) in [6.07, 6.45) is -3.47. The summed E-state index contributed by atoms with van der Waals surface area (Å²) < 4.78 is 49.2. The minimum absolute atomic E-state index is 0.252. The van der Waals surface area contributed by atoms with Gasteiger partial charge in [0.05, 0.1) is 19.8 Å². The van der Waals surface area contributed by atoms with Gasteiger partial charge in [-0.25, -0.2) is 0 Å². The van der Waals surface area contributed by atoms with Crippen molar-refractivity contribution >= 4 is 5.91 Å². The number of nitrogens with one attached hydrogen (secondary N) is 1. The Morgan fingerprint density at radius 1 is 1.11 bits per heavy atom. The number of hydrogen-bond acceptors (Lipinski definition) is 4. The van der Waals surface area contributed by atoms with Crippen molar-refractivity contribution in [2.75, 3.05) is 20.8 Å². The molecule has 2 rings (SSSR count). The van der Waals surface area contributed by atoms with Gasteiger partial charge in [0.2, 0.25) is 5.91 Å². The minimum Gasteiger partial charge on any atom is -0.493 e. The van der Waals surface area contributed by atoms with E-state index in [-0.39, 0.29) is 6.54 Å². The van der Waals surface area contributed by atoms with Gasteiger partial charge in [0.1, 0.15) is 6.54 Å². The Morgan fingerprint density at radius 2 is 1.81 bits per heavy atom. The molecule has 0 aliphatic rings. The van der Waals surface area contributed by atoms with Crippen molar-refractivity contribution < 1.29 is 27.4 Å². The van der Waals surface area contributed by atoms with Gasteiger partial charge in [-0.05, 0) is 30.2 Å². The molecule has 0 saturated carbocycles. The Hall–Kier alpha value is -2.97. The summed E-state index contributed by atoms with van der Waals surface area (Å²) in [6.45, 7) is -0.239. The lowest BCUT2D eigenvalue weighted by molar-refractivity contribution is -0.138. The number of rotatable bonds is 7. The lowest BCUT2D eigenvalue weighted by Gasteiger charge is -2.12. The lowest BCUT2D eigenvalue weighted by Crippen LogP contribution is -2.33. The number of benzene rings is 1. The van der Waals surface area contributed by atoms with Gasteiger partial charge in [-0.15, -0.1) is 0 Å². The first-order valence-corrected chi connectivity index (χ1v) is 8.00. The predicted molar refractivity (Wildman–Crippen MR) is 92.0 cm³/mol. The standard InChI is InChI=1S/C18H19F3N2O4/c1-26-14-5-3-12(9-15(14)27-2)7-8-22-16(24)11-23-10-13(18(19,20)21)4-6-17(23)25/h3-6,9-10H,7-8,11H2,1-2H3,(H,22,24). The smallest absolute Gasteiger partial charge is 0.417 e. The van der Waals surface area contributed by atoms with Crippen LogP contribution in [0.2, 0.25) is 0 Å². The van der Waals surface area contributed by atoms with E-state index >= 15 is 0 Å². The van der Waals surface area contributed by atoms with E-state index in [1.165, 1.54) is 14.2 Å². The quantitative estimate of drug-likeness (QED) is 0.795. The Kier molecular flexibility index (Phi) is 6.49. The third-order valence-electron chi connectivity index (χ3n) is 3.81. The number of amides is 1. The highest BCUT2D eigenvalue weighted by atomic mass is 19.4. The van der Waals surface area contributed by atoms with Crippen LogP contribution in [0.5, 0.6) is 11.5 Å². The molecule has 1 aromatic heterocycles. The number of halogens is 3. The molecule has 1 amide bonds. The summed E-state index contributed by atoms with van der Waals surface area (Å²) >= 11 is 0. The number of ether oxygens (including phenoxy) is 2. The van der Waals surface area contributed by atoms with Gasteiger partial charge in [-0.3, -0.25) is 9.59 Å². The van der Waals surface area contributed by atoms with Crippen LogP contribution in [0.15, 0.2) is 41.3 Å². The van der Waals surface area contributed by atoms with Crippen LogP contribution in [0.25, 0.3) is 0 Å². The van der Waals surface area contributed by atoms with E-state index in [9.17, 15) is 22.8 Å². The van der Waals surface area contributed by atoms with Gasteiger partial charge in [0, 0.05) is 18.8 Å². The molecule has 1 aromatic carbocycles. The summed E-state index contributed by atoms with van der Waals surface area (Å²) in [7, 11) is 3.03. The molecule has 1 N–H and O–H groups in total. The first kappa shape index (κ1) is 20.3. The summed E-state index contributed by atoms with van der Waals surface area (Å²) in [4.78, 5) is 23.6. The molecule has 0 unspecified atom stereocenters. The molecule has 9 heteroatoms. The molecule has 6 nitrogen and oxygen atoms in total. The normalized spacial score (nSPS) is 11.1. The Balaban J connectivity index is 1.95. The summed E-state index contributed by atoms with van der Waals surface area (Å²) in [6, 6.07) is 6.79. The number of alkyl halides is 3. The Morgan fingerprint density at radius 3 is 2.44 bits per heavy atom. The molecule has 0 saturated heterocycles. The van der Waals surface area contributed by atoms with Crippen molar-refractivity contribution in [3.63, 3.8) is 0 Å². The average molecular weight is 384 g/mol. The molecule has 0 aliphatic carbocycles. The topological polar surface area (TPSA) is 69.6 Å². The molecular weight excluding hydrogens is 365 g/mol. The van der Waals surface area contributed by atoms with Crippen molar-refractivity contribution in [2.24, 2.45) is 0 Å². The molecule has 2 aromatic rings. The van der Waals surface area contributed by atoms with Gasteiger partial charge in [0.25, 0.3) is 5.56 Å². The fourth-order valence-corrected chi connectivity index (χ4v) is 2.42. The first-order chi connectivity index (χ1) is 12.7. The maximum absolute atomic E-state index is 12.7. The van der Waals surface area contributed by atoms with Gasteiger partial charge in [0.15, 0.2) is 11.5 Å². The zero-order chi connectivity index (χ0) is 20.0. The Bertz CT molecular complexity index is 862. The van der Waals surface area contributed by atoms with Crippen LogP contribution in [-0.2, 0) is 23.9 Å². The molecule has 27 heavy (non-hydrogen) atoms. The first-order valence-electron chi connectivity index (χ1n) is 8.00. The van der Waals surface area contributed by atoms with E-state index in [0.717, 1.165) is 16.2 Å².